The molecule has 1 rings (SSSR count). The number of benzene rings is 1. The normalized spacial score (nSPS) is 10.0. The van der Waals surface area contributed by atoms with E-state index in [9.17, 15) is 4.79 Å². The van der Waals surface area contributed by atoms with E-state index < -0.39 is 0 Å². The van der Waals surface area contributed by atoms with Crippen molar-refractivity contribution in [1.82, 2.24) is 5.32 Å². The molecule has 1 amide bonds. The molecule has 0 heterocycles. The number of nitrogens with one attached hydrogen (secondary N) is 1. The molecule has 104 valence electrons. The Morgan fingerprint density at radius 3 is 2.89 bits per heavy atom. The lowest BCUT2D eigenvalue weighted by molar-refractivity contribution is -0.123. The van der Waals surface area contributed by atoms with Gasteiger partial charge < -0.3 is 14.8 Å². The molecule has 0 radical (unpaired) electrons. The van der Waals surface area contributed by atoms with Crippen LogP contribution < -0.4 is 10.1 Å². The standard InChI is InChI=1S/C14H18BrNO3/c1-11(2)9-18-7-6-16-14(17)10-19-13-5-3-4-12(15)8-13/h3-5,8H,1,6-7,9-10H2,2H3,(H,16,17). The van der Waals surface area contributed by atoms with Crippen LogP contribution in [0.4, 0.5) is 0 Å². The summed E-state index contributed by atoms with van der Waals surface area (Å²) in [7, 11) is 0. The van der Waals surface area contributed by atoms with E-state index in [1.54, 1.807) is 6.07 Å². The van der Waals surface area contributed by atoms with Gasteiger partial charge in [-0.1, -0.05) is 34.1 Å². The molecule has 0 unspecified atom stereocenters. The molecule has 19 heavy (non-hydrogen) atoms. The Labute approximate surface area is 121 Å². The fourth-order valence-corrected chi connectivity index (χ4v) is 1.64. The van der Waals surface area contributed by atoms with Crippen LogP contribution in [-0.4, -0.2) is 32.3 Å². The fraction of sp³-hybridized carbons (Fsp3) is 0.357. The van der Waals surface area contributed by atoms with Crippen LogP contribution in [0.25, 0.3) is 0 Å². The number of carbonyl (C=O) groups excluding carboxylic acids is 1. The van der Waals surface area contributed by atoms with Crippen LogP contribution in [0.1, 0.15) is 6.92 Å². The average molecular weight is 328 g/mol. The van der Waals surface area contributed by atoms with Gasteiger partial charge in [-0.25, -0.2) is 0 Å². The molecule has 0 saturated carbocycles. The quantitative estimate of drug-likeness (QED) is 0.589. The first-order valence-corrected chi connectivity index (χ1v) is 6.74. The number of rotatable bonds is 8. The summed E-state index contributed by atoms with van der Waals surface area (Å²) < 4.78 is 11.5. The van der Waals surface area contributed by atoms with Gasteiger partial charge in [0, 0.05) is 11.0 Å². The molecule has 1 aromatic carbocycles. The maximum absolute atomic E-state index is 11.5. The smallest absolute Gasteiger partial charge is 0.258 e. The predicted molar refractivity (Wildman–Crippen MR) is 78.3 cm³/mol. The Kier molecular flexibility index (Phi) is 7.22. The average Bonchev–Trinajstić information content (AvgIpc) is 2.35. The third kappa shape index (κ3) is 7.64. The Morgan fingerprint density at radius 1 is 1.42 bits per heavy atom. The van der Waals surface area contributed by atoms with Gasteiger partial charge >= 0.3 is 0 Å². The summed E-state index contributed by atoms with van der Waals surface area (Å²) in [5, 5.41) is 2.71. The van der Waals surface area contributed by atoms with Crippen LogP contribution in [0.15, 0.2) is 40.9 Å². The Hall–Kier alpha value is -1.33. The van der Waals surface area contributed by atoms with E-state index in [4.69, 9.17) is 9.47 Å². The summed E-state index contributed by atoms with van der Waals surface area (Å²) in [6.45, 7) is 7.06. The molecule has 0 aliphatic rings. The number of amides is 1. The zero-order chi connectivity index (χ0) is 14.1. The molecule has 1 aromatic rings. The highest BCUT2D eigenvalue weighted by molar-refractivity contribution is 9.10. The van der Waals surface area contributed by atoms with Crippen molar-refractivity contribution in [3.8, 4) is 5.75 Å². The van der Waals surface area contributed by atoms with Gasteiger partial charge in [-0.3, -0.25) is 4.79 Å². The van der Waals surface area contributed by atoms with E-state index in [-0.39, 0.29) is 12.5 Å². The molecule has 0 bridgehead atoms. The highest BCUT2D eigenvalue weighted by atomic mass is 79.9. The van der Waals surface area contributed by atoms with Crippen LogP contribution in [0, 0.1) is 0 Å². The number of hydrogen-bond donors (Lipinski definition) is 1. The highest BCUT2D eigenvalue weighted by Gasteiger charge is 2.02. The first-order valence-electron chi connectivity index (χ1n) is 5.95. The number of ether oxygens (including phenoxy) is 2. The second-order valence-corrected chi connectivity index (χ2v) is 5.02. The summed E-state index contributed by atoms with van der Waals surface area (Å²) in [6, 6.07) is 7.35. The summed E-state index contributed by atoms with van der Waals surface area (Å²) in [4.78, 5) is 11.5. The molecule has 0 aliphatic heterocycles. The summed E-state index contributed by atoms with van der Waals surface area (Å²) >= 11 is 3.34. The minimum absolute atomic E-state index is 0.00304. The third-order valence-electron chi connectivity index (χ3n) is 2.08. The van der Waals surface area contributed by atoms with Crippen molar-refractivity contribution in [2.75, 3.05) is 26.4 Å². The zero-order valence-electron chi connectivity index (χ0n) is 10.9. The summed E-state index contributed by atoms with van der Waals surface area (Å²) in [5.41, 5.74) is 0.962. The first-order chi connectivity index (χ1) is 9.08. The number of carbonyl (C=O) groups is 1. The topological polar surface area (TPSA) is 47.6 Å². The van der Waals surface area contributed by atoms with Gasteiger partial charge in [-0.15, -0.1) is 0 Å². The number of hydrogen-bond acceptors (Lipinski definition) is 3. The minimum Gasteiger partial charge on any atom is -0.484 e. The summed E-state index contributed by atoms with van der Waals surface area (Å²) in [6.07, 6.45) is 0. The molecular formula is C14H18BrNO3. The van der Waals surface area contributed by atoms with E-state index in [0.717, 1.165) is 10.0 Å². The van der Waals surface area contributed by atoms with Gasteiger partial charge in [-0.2, -0.15) is 0 Å². The Balaban J connectivity index is 2.13. The Bertz CT molecular complexity index is 434. The second kappa shape index (κ2) is 8.72. The van der Waals surface area contributed by atoms with Crippen LogP contribution in [-0.2, 0) is 9.53 Å². The Morgan fingerprint density at radius 2 is 2.21 bits per heavy atom. The highest BCUT2D eigenvalue weighted by Crippen LogP contribution is 2.17. The molecule has 5 heteroatoms. The second-order valence-electron chi connectivity index (χ2n) is 4.11. The maximum Gasteiger partial charge on any atom is 0.258 e. The van der Waals surface area contributed by atoms with Gasteiger partial charge in [-0.05, 0) is 25.1 Å². The molecule has 0 aliphatic carbocycles. The lowest BCUT2D eigenvalue weighted by Crippen LogP contribution is -2.31. The van der Waals surface area contributed by atoms with Crippen molar-refractivity contribution in [1.29, 1.82) is 0 Å². The monoisotopic (exact) mass is 327 g/mol. The molecule has 4 nitrogen and oxygen atoms in total. The molecule has 0 saturated heterocycles. The van der Waals surface area contributed by atoms with Crippen molar-refractivity contribution in [2.45, 2.75) is 6.92 Å². The van der Waals surface area contributed by atoms with Gasteiger partial charge in [0.15, 0.2) is 6.61 Å². The van der Waals surface area contributed by atoms with Crippen LogP contribution in [0.2, 0.25) is 0 Å². The van der Waals surface area contributed by atoms with Crippen molar-refractivity contribution in [3.63, 3.8) is 0 Å². The van der Waals surface area contributed by atoms with Gasteiger partial charge in [0.25, 0.3) is 5.91 Å². The predicted octanol–water partition coefficient (Wildman–Crippen LogP) is 2.54. The fourth-order valence-electron chi connectivity index (χ4n) is 1.27. The van der Waals surface area contributed by atoms with E-state index >= 15 is 0 Å². The minimum atomic E-state index is -0.168. The molecule has 1 N–H and O–H groups in total. The molecular weight excluding hydrogens is 310 g/mol. The van der Waals surface area contributed by atoms with Crippen molar-refractivity contribution in [2.24, 2.45) is 0 Å². The van der Waals surface area contributed by atoms with Crippen LogP contribution >= 0.6 is 15.9 Å². The first kappa shape index (κ1) is 15.7. The van der Waals surface area contributed by atoms with E-state index in [1.165, 1.54) is 0 Å². The lowest BCUT2D eigenvalue weighted by Gasteiger charge is -2.08. The molecule has 0 atom stereocenters. The maximum atomic E-state index is 11.5. The largest absolute Gasteiger partial charge is 0.484 e. The van der Waals surface area contributed by atoms with Gasteiger partial charge in [0.2, 0.25) is 0 Å². The van der Waals surface area contributed by atoms with Crippen LogP contribution in [0.5, 0.6) is 5.75 Å². The molecule has 0 fully saturated rings. The third-order valence-corrected chi connectivity index (χ3v) is 2.58. The van der Waals surface area contributed by atoms with E-state index in [1.807, 2.05) is 25.1 Å². The van der Waals surface area contributed by atoms with Gasteiger partial charge in [0.05, 0.1) is 13.2 Å². The zero-order valence-corrected chi connectivity index (χ0v) is 12.5. The summed E-state index contributed by atoms with van der Waals surface area (Å²) in [5.74, 6) is 0.488. The number of halogens is 1. The van der Waals surface area contributed by atoms with Gasteiger partial charge in [0.1, 0.15) is 5.75 Å². The van der Waals surface area contributed by atoms with Crippen molar-refractivity contribution >= 4 is 21.8 Å². The molecule has 0 aromatic heterocycles. The van der Waals surface area contributed by atoms with Crippen LogP contribution in [0.3, 0.4) is 0 Å². The van der Waals surface area contributed by atoms with E-state index in [2.05, 4.69) is 27.8 Å². The molecule has 0 spiro atoms. The lowest BCUT2D eigenvalue weighted by atomic mass is 10.3. The van der Waals surface area contributed by atoms with Crippen molar-refractivity contribution < 1.29 is 14.3 Å². The van der Waals surface area contributed by atoms with E-state index in [0.29, 0.717) is 25.5 Å². The van der Waals surface area contributed by atoms with Crippen molar-refractivity contribution in [3.05, 3.63) is 40.9 Å². The SMILES string of the molecule is C=C(C)COCCNC(=O)COc1cccc(Br)c1.